The molecule has 18 heavy (non-hydrogen) atoms. The van der Waals surface area contributed by atoms with Gasteiger partial charge in [-0.3, -0.25) is 10.1 Å². The third-order valence-corrected chi connectivity index (χ3v) is 4.56. The zero-order valence-corrected chi connectivity index (χ0v) is 11.4. The Morgan fingerprint density at radius 1 is 1.50 bits per heavy atom. The summed E-state index contributed by atoms with van der Waals surface area (Å²) in [5, 5.41) is 7.54. The number of ether oxygens (including phenoxy) is 1. The van der Waals surface area contributed by atoms with E-state index in [-0.39, 0.29) is 30.3 Å². The Morgan fingerprint density at radius 2 is 2.33 bits per heavy atom. The van der Waals surface area contributed by atoms with Gasteiger partial charge in [-0.05, 0) is 42.7 Å². The molecule has 1 amide bonds. The van der Waals surface area contributed by atoms with Crippen LogP contribution in [0.25, 0.3) is 0 Å². The summed E-state index contributed by atoms with van der Waals surface area (Å²) in [6, 6.07) is 2.17. The Hall–Kier alpha value is -0.910. The number of nitrogens with one attached hydrogen (secondary N) is 1. The van der Waals surface area contributed by atoms with Crippen molar-refractivity contribution in [3.05, 3.63) is 22.4 Å². The zero-order chi connectivity index (χ0) is 12.7. The number of carbonyl (C=O) groups excluding carboxylic acids is 1. The van der Waals surface area contributed by atoms with Gasteiger partial charge in [0.15, 0.2) is 0 Å². The lowest BCUT2D eigenvalue weighted by molar-refractivity contribution is -0.133. The fraction of sp³-hybridized carbons (Fsp3) is 0.615. The predicted molar refractivity (Wildman–Crippen MR) is 70.3 cm³/mol. The topological polar surface area (TPSA) is 41.6 Å². The molecule has 0 aromatic carbocycles. The van der Waals surface area contributed by atoms with E-state index < -0.39 is 0 Å². The van der Waals surface area contributed by atoms with E-state index in [2.05, 4.69) is 29.1 Å². The smallest absolute Gasteiger partial charge is 0.241 e. The number of carbonyl (C=O) groups is 1. The number of rotatable bonds is 2. The van der Waals surface area contributed by atoms with E-state index >= 15 is 0 Å². The van der Waals surface area contributed by atoms with Gasteiger partial charge >= 0.3 is 0 Å². The normalized spacial score (nSPS) is 36.6. The number of hydrogen-bond acceptors (Lipinski definition) is 4. The molecule has 2 aliphatic rings. The van der Waals surface area contributed by atoms with Gasteiger partial charge < -0.3 is 9.64 Å². The summed E-state index contributed by atoms with van der Waals surface area (Å²) in [5.74, 6) is 0.188. The van der Waals surface area contributed by atoms with Gasteiger partial charge in [-0.15, -0.1) is 0 Å². The Bertz CT molecular complexity index is 434. The van der Waals surface area contributed by atoms with Crippen LogP contribution >= 0.6 is 11.3 Å². The third kappa shape index (κ3) is 1.86. The van der Waals surface area contributed by atoms with Crippen molar-refractivity contribution in [2.75, 3.05) is 6.61 Å². The minimum atomic E-state index is -0.109. The first kappa shape index (κ1) is 12.1. The highest BCUT2D eigenvalue weighted by Gasteiger charge is 2.44. The minimum Gasteiger partial charge on any atom is -0.376 e. The highest BCUT2D eigenvalue weighted by Crippen LogP contribution is 2.33. The van der Waals surface area contributed by atoms with E-state index in [9.17, 15) is 4.79 Å². The average Bonchev–Trinajstić information content (AvgIpc) is 3.03. The van der Waals surface area contributed by atoms with Crippen LogP contribution in [0, 0.1) is 0 Å². The molecule has 4 unspecified atom stereocenters. The van der Waals surface area contributed by atoms with Crippen LogP contribution in [0.3, 0.4) is 0 Å². The van der Waals surface area contributed by atoms with Crippen molar-refractivity contribution in [1.29, 1.82) is 0 Å². The molecule has 1 N–H and O–H groups in total. The van der Waals surface area contributed by atoms with E-state index in [1.807, 2.05) is 11.8 Å². The molecule has 4 nitrogen and oxygen atoms in total. The number of amides is 1. The Labute approximate surface area is 111 Å². The van der Waals surface area contributed by atoms with Crippen LogP contribution in [0.2, 0.25) is 0 Å². The molecule has 4 atom stereocenters. The van der Waals surface area contributed by atoms with Crippen molar-refractivity contribution in [1.82, 2.24) is 10.2 Å². The van der Waals surface area contributed by atoms with Gasteiger partial charge in [0.2, 0.25) is 5.91 Å². The van der Waals surface area contributed by atoms with Crippen molar-refractivity contribution in [2.24, 2.45) is 0 Å². The SMILES string of the molecule is CC1NC(c2ccsc2)N(C2CCOC2C)C1=O. The third-order valence-electron chi connectivity index (χ3n) is 3.86. The second-order valence-electron chi connectivity index (χ2n) is 5.03. The molecule has 3 heterocycles. The fourth-order valence-electron chi connectivity index (χ4n) is 2.87. The number of nitrogens with zero attached hydrogens (tertiary/aromatic N) is 1. The van der Waals surface area contributed by atoms with Gasteiger partial charge in [-0.2, -0.15) is 11.3 Å². The second-order valence-corrected chi connectivity index (χ2v) is 5.81. The summed E-state index contributed by atoms with van der Waals surface area (Å²) in [4.78, 5) is 14.3. The molecule has 0 radical (unpaired) electrons. The Kier molecular flexibility index (Phi) is 3.13. The monoisotopic (exact) mass is 266 g/mol. The van der Waals surface area contributed by atoms with Crippen LogP contribution < -0.4 is 5.32 Å². The molecule has 0 bridgehead atoms. The lowest BCUT2D eigenvalue weighted by Gasteiger charge is -2.31. The summed E-state index contributed by atoms with van der Waals surface area (Å²) < 4.78 is 5.61. The van der Waals surface area contributed by atoms with Crippen molar-refractivity contribution >= 4 is 17.2 Å². The molecule has 98 valence electrons. The first-order valence-electron chi connectivity index (χ1n) is 6.40. The molecule has 5 heteroatoms. The largest absolute Gasteiger partial charge is 0.376 e. The average molecular weight is 266 g/mol. The summed E-state index contributed by atoms with van der Waals surface area (Å²) in [6.07, 6.45) is 1.07. The van der Waals surface area contributed by atoms with Gasteiger partial charge in [-0.25, -0.2) is 0 Å². The predicted octanol–water partition coefficient (Wildman–Crippen LogP) is 1.74. The van der Waals surface area contributed by atoms with Gasteiger partial charge in [0.1, 0.15) is 6.17 Å². The van der Waals surface area contributed by atoms with E-state index in [4.69, 9.17) is 4.74 Å². The van der Waals surface area contributed by atoms with Crippen LogP contribution in [0.15, 0.2) is 16.8 Å². The Balaban J connectivity index is 1.90. The van der Waals surface area contributed by atoms with Gasteiger partial charge in [-0.1, -0.05) is 0 Å². The molecule has 1 aromatic heterocycles. The van der Waals surface area contributed by atoms with E-state index in [1.54, 1.807) is 11.3 Å². The van der Waals surface area contributed by atoms with Gasteiger partial charge in [0.05, 0.1) is 18.2 Å². The van der Waals surface area contributed by atoms with Crippen molar-refractivity contribution < 1.29 is 9.53 Å². The molecular weight excluding hydrogens is 248 g/mol. The van der Waals surface area contributed by atoms with Crippen molar-refractivity contribution in [2.45, 2.75) is 44.6 Å². The van der Waals surface area contributed by atoms with Gasteiger partial charge in [0, 0.05) is 6.61 Å². The first-order chi connectivity index (χ1) is 8.68. The maximum absolute atomic E-state index is 12.4. The van der Waals surface area contributed by atoms with Crippen LogP contribution in [0.1, 0.15) is 32.0 Å². The minimum absolute atomic E-state index is 0.00731. The standard InChI is InChI=1S/C13H18N2O2S/c1-8-13(16)15(11-3-5-17-9(11)2)12(14-8)10-4-6-18-7-10/h4,6-9,11-12,14H,3,5H2,1-2H3. The molecular formula is C13H18N2O2S. The quantitative estimate of drug-likeness (QED) is 0.886. The lowest BCUT2D eigenvalue weighted by atomic mass is 10.1. The summed E-state index contributed by atoms with van der Waals surface area (Å²) in [7, 11) is 0. The summed E-state index contributed by atoms with van der Waals surface area (Å²) in [6.45, 7) is 4.74. The maximum Gasteiger partial charge on any atom is 0.241 e. The van der Waals surface area contributed by atoms with Crippen LogP contribution in [0.4, 0.5) is 0 Å². The molecule has 3 rings (SSSR count). The number of hydrogen-bond donors (Lipinski definition) is 1. The van der Waals surface area contributed by atoms with Crippen LogP contribution in [0.5, 0.6) is 0 Å². The maximum atomic E-state index is 12.4. The highest BCUT2D eigenvalue weighted by molar-refractivity contribution is 7.07. The van der Waals surface area contributed by atoms with Crippen LogP contribution in [-0.2, 0) is 9.53 Å². The Morgan fingerprint density at radius 3 is 2.94 bits per heavy atom. The molecule has 0 saturated carbocycles. The molecule has 2 fully saturated rings. The molecule has 0 aliphatic carbocycles. The van der Waals surface area contributed by atoms with Crippen molar-refractivity contribution in [3.63, 3.8) is 0 Å². The second kappa shape index (κ2) is 4.64. The van der Waals surface area contributed by atoms with Crippen LogP contribution in [-0.4, -0.2) is 35.6 Å². The molecule has 1 aromatic rings. The highest BCUT2D eigenvalue weighted by atomic mass is 32.1. The van der Waals surface area contributed by atoms with E-state index in [1.165, 1.54) is 5.56 Å². The van der Waals surface area contributed by atoms with E-state index in [0.29, 0.717) is 0 Å². The summed E-state index contributed by atoms with van der Waals surface area (Å²) >= 11 is 1.67. The first-order valence-corrected chi connectivity index (χ1v) is 7.34. The lowest BCUT2D eigenvalue weighted by Crippen LogP contribution is -2.43. The van der Waals surface area contributed by atoms with Crippen molar-refractivity contribution in [3.8, 4) is 0 Å². The zero-order valence-electron chi connectivity index (χ0n) is 10.6. The number of thiophene rings is 1. The molecule has 2 saturated heterocycles. The molecule has 0 spiro atoms. The van der Waals surface area contributed by atoms with E-state index in [0.717, 1.165) is 13.0 Å². The fourth-order valence-corrected chi connectivity index (χ4v) is 3.55. The summed E-state index contributed by atoms with van der Waals surface area (Å²) in [5.41, 5.74) is 1.18. The van der Waals surface area contributed by atoms with Gasteiger partial charge in [0.25, 0.3) is 0 Å². The molecule has 2 aliphatic heterocycles.